The Morgan fingerprint density at radius 1 is 1.17 bits per heavy atom. The predicted molar refractivity (Wildman–Crippen MR) is 114 cm³/mol. The third-order valence-electron chi connectivity index (χ3n) is 4.13. The van der Waals surface area contributed by atoms with Crippen molar-refractivity contribution in [2.45, 2.75) is 13.5 Å². The van der Waals surface area contributed by atoms with Crippen molar-refractivity contribution >= 4 is 28.6 Å². The van der Waals surface area contributed by atoms with Crippen LogP contribution in [0.4, 0.5) is 0 Å². The summed E-state index contributed by atoms with van der Waals surface area (Å²) in [5.41, 5.74) is 1.68. The van der Waals surface area contributed by atoms with Crippen LogP contribution in [-0.4, -0.2) is 32.2 Å². The van der Waals surface area contributed by atoms with Gasteiger partial charge in [-0.1, -0.05) is 12.1 Å². The van der Waals surface area contributed by atoms with Gasteiger partial charge in [-0.25, -0.2) is 9.67 Å². The summed E-state index contributed by atoms with van der Waals surface area (Å²) < 4.78 is 1.36. The fraction of sp³-hybridized carbons (Fsp3) is 0.150. The molecule has 0 bridgehead atoms. The Balaban J connectivity index is 1.50. The zero-order valence-corrected chi connectivity index (χ0v) is 17.2. The Morgan fingerprint density at radius 2 is 2.07 bits per heavy atom. The van der Waals surface area contributed by atoms with Crippen LogP contribution in [-0.2, 0) is 6.54 Å². The van der Waals surface area contributed by atoms with Gasteiger partial charge in [0, 0.05) is 18.8 Å². The van der Waals surface area contributed by atoms with Gasteiger partial charge in [0.2, 0.25) is 0 Å². The fourth-order valence-electron chi connectivity index (χ4n) is 2.73. The first-order chi connectivity index (χ1) is 14.1. The average molecular weight is 424 g/mol. The molecule has 4 rings (SSSR count). The van der Waals surface area contributed by atoms with E-state index in [9.17, 15) is 9.59 Å². The Labute approximate surface area is 174 Å². The molecule has 1 amide bonds. The Hall–Kier alpha value is -3.17. The summed E-state index contributed by atoms with van der Waals surface area (Å²) >= 11 is 3.19. The minimum atomic E-state index is -0.284. The molecule has 0 aliphatic heterocycles. The zero-order chi connectivity index (χ0) is 20.2. The van der Waals surface area contributed by atoms with Crippen molar-refractivity contribution in [3.63, 3.8) is 0 Å². The van der Waals surface area contributed by atoms with E-state index < -0.39 is 0 Å². The number of carbonyl (C=O) groups is 1. The Morgan fingerprint density at radius 3 is 2.83 bits per heavy atom. The molecular weight excluding hydrogens is 406 g/mol. The molecule has 146 valence electrons. The third kappa shape index (κ3) is 4.30. The predicted octanol–water partition coefficient (Wildman–Crippen LogP) is 3.23. The summed E-state index contributed by atoms with van der Waals surface area (Å²) in [6.07, 6.45) is 1.56. The average Bonchev–Trinajstić information content (AvgIpc) is 3.40. The lowest BCUT2D eigenvalue weighted by molar-refractivity contribution is 0.0947. The van der Waals surface area contributed by atoms with Crippen LogP contribution in [0.15, 0.2) is 58.8 Å². The molecule has 1 N–H and O–H groups in total. The maximum Gasteiger partial charge on any atom is 0.269 e. The number of rotatable bonds is 6. The minimum absolute atomic E-state index is 0.221. The van der Waals surface area contributed by atoms with Gasteiger partial charge in [-0.05, 0) is 36.6 Å². The van der Waals surface area contributed by atoms with Crippen LogP contribution in [0.1, 0.15) is 16.2 Å². The van der Waals surface area contributed by atoms with E-state index in [1.807, 2.05) is 24.4 Å². The zero-order valence-electron chi connectivity index (χ0n) is 15.5. The summed E-state index contributed by atoms with van der Waals surface area (Å²) in [4.78, 5) is 35.0. The molecule has 0 fully saturated rings. The first-order valence-corrected chi connectivity index (χ1v) is 10.6. The summed E-state index contributed by atoms with van der Waals surface area (Å²) in [6, 6.07) is 12.4. The number of nitrogens with one attached hydrogen (secondary N) is 1. The number of aromatic nitrogens is 4. The molecule has 0 atom stereocenters. The molecule has 29 heavy (non-hydrogen) atoms. The molecule has 0 aliphatic carbocycles. The van der Waals surface area contributed by atoms with E-state index >= 15 is 0 Å². The molecule has 0 unspecified atom stereocenters. The molecule has 4 aromatic rings. The Bertz CT molecular complexity index is 1180. The van der Waals surface area contributed by atoms with Gasteiger partial charge in [0.05, 0.1) is 22.0 Å². The van der Waals surface area contributed by atoms with Crippen LogP contribution in [0.25, 0.3) is 20.5 Å². The van der Waals surface area contributed by atoms with E-state index in [4.69, 9.17) is 0 Å². The second-order valence-electron chi connectivity index (χ2n) is 6.16. The number of aryl methyl sites for hydroxylation is 1. The van der Waals surface area contributed by atoms with E-state index in [0.29, 0.717) is 11.4 Å². The van der Waals surface area contributed by atoms with E-state index in [-0.39, 0.29) is 24.6 Å². The highest BCUT2D eigenvalue weighted by Crippen LogP contribution is 2.35. The summed E-state index contributed by atoms with van der Waals surface area (Å²) in [5.74, 6) is -0.284. The van der Waals surface area contributed by atoms with Crippen molar-refractivity contribution in [2.24, 2.45) is 0 Å². The molecule has 0 aromatic carbocycles. The van der Waals surface area contributed by atoms with E-state index in [2.05, 4.69) is 20.4 Å². The van der Waals surface area contributed by atoms with Crippen molar-refractivity contribution in [2.75, 3.05) is 6.54 Å². The summed E-state index contributed by atoms with van der Waals surface area (Å²) in [5, 5.41) is 10.2. The molecule has 0 radical (unpaired) electrons. The molecule has 0 spiro atoms. The van der Waals surface area contributed by atoms with Crippen LogP contribution < -0.4 is 10.9 Å². The van der Waals surface area contributed by atoms with Crippen LogP contribution >= 0.6 is 22.7 Å². The minimum Gasteiger partial charge on any atom is -0.349 e. The van der Waals surface area contributed by atoms with E-state index in [1.54, 1.807) is 53.1 Å². The smallest absolute Gasteiger partial charge is 0.269 e. The van der Waals surface area contributed by atoms with Gasteiger partial charge in [0.25, 0.3) is 11.5 Å². The number of pyridine rings is 1. The number of nitrogens with zero attached hydrogens (tertiary/aromatic N) is 4. The van der Waals surface area contributed by atoms with Crippen LogP contribution in [0.3, 0.4) is 0 Å². The largest absolute Gasteiger partial charge is 0.349 e. The van der Waals surface area contributed by atoms with E-state index in [1.165, 1.54) is 10.7 Å². The van der Waals surface area contributed by atoms with Crippen molar-refractivity contribution in [1.82, 2.24) is 25.1 Å². The monoisotopic (exact) mass is 423 g/mol. The number of carbonyl (C=O) groups excluding carboxylic acids is 1. The van der Waals surface area contributed by atoms with Crippen molar-refractivity contribution in [3.05, 3.63) is 75.8 Å². The van der Waals surface area contributed by atoms with Gasteiger partial charge in [0.1, 0.15) is 16.4 Å². The topological polar surface area (TPSA) is 89.8 Å². The van der Waals surface area contributed by atoms with Crippen molar-refractivity contribution < 1.29 is 4.79 Å². The molecular formula is C20H17N5O2S2. The van der Waals surface area contributed by atoms with Gasteiger partial charge >= 0.3 is 0 Å². The van der Waals surface area contributed by atoms with Crippen LogP contribution in [0, 0.1) is 6.92 Å². The van der Waals surface area contributed by atoms with Gasteiger partial charge in [0.15, 0.2) is 0 Å². The first-order valence-electron chi connectivity index (χ1n) is 8.91. The normalized spacial score (nSPS) is 10.8. The highest BCUT2D eigenvalue weighted by atomic mass is 32.1. The second kappa shape index (κ2) is 8.46. The third-order valence-corrected chi connectivity index (χ3v) is 6.35. The van der Waals surface area contributed by atoms with E-state index in [0.717, 1.165) is 20.5 Å². The maximum atomic E-state index is 12.2. The van der Waals surface area contributed by atoms with Crippen molar-refractivity contribution in [3.8, 4) is 20.5 Å². The SMILES string of the molecule is Cc1nc(-c2cccs2)sc1-c1ccc(=O)n(CCNC(=O)c2ccccn2)n1. The van der Waals surface area contributed by atoms with Crippen LogP contribution in [0.2, 0.25) is 0 Å². The van der Waals surface area contributed by atoms with Crippen molar-refractivity contribution in [1.29, 1.82) is 0 Å². The second-order valence-corrected chi connectivity index (χ2v) is 8.11. The maximum absolute atomic E-state index is 12.2. The van der Waals surface area contributed by atoms with Gasteiger partial charge in [-0.3, -0.25) is 14.6 Å². The first kappa shape index (κ1) is 19.2. The standard InChI is InChI=1S/C20H17N5O2S2/c1-13-18(29-20(23-13)16-6-4-12-28-16)14-7-8-17(26)25(24-14)11-10-22-19(27)15-5-2-3-9-21-15/h2-9,12H,10-11H2,1H3,(H,22,27). The number of thiazole rings is 1. The van der Waals surface area contributed by atoms with Crippen LogP contribution in [0.5, 0.6) is 0 Å². The fourth-order valence-corrected chi connectivity index (χ4v) is 4.56. The highest BCUT2D eigenvalue weighted by molar-refractivity contribution is 7.23. The molecule has 0 saturated carbocycles. The number of thiophene rings is 1. The quantitative estimate of drug-likeness (QED) is 0.514. The number of hydrogen-bond acceptors (Lipinski definition) is 7. The summed E-state index contributed by atoms with van der Waals surface area (Å²) in [6.45, 7) is 2.47. The number of amides is 1. The molecule has 9 heteroatoms. The van der Waals surface area contributed by atoms with Gasteiger partial charge in [-0.2, -0.15) is 5.10 Å². The number of hydrogen-bond donors (Lipinski definition) is 1. The molecule has 7 nitrogen and oxygen atoms in total. The van der Waals surface area contributed by atoms with Gasteiger partial charge in [-0.15, -0.1) is 22.7 Å². The molecule has 4 aromatic heterocycles. The highest BCUT2D eigenvalue weighted by Gasteiger charge is 2.14. The lowest BCUT2D eigenvalue weighted by Gasteiger charge is -2.08. The summed E-state index contributed by atoms with van der Waals surface area (Å²) in [7, 11) is 0. The molecule has 0 saturated heterocycles. The Kier molecular flexibility index (Phi) is 5.59. The molecule has 4 heterocycles. The lowest BCUT2D eigenvalue weighted by Crippen LogP contribution is -2.32. The van der Waals surface area contributed by atoms with Gasteiger partial charge < -0.3 is 5.32 Å². The molecule has 0 aliphatic rings. The lowest BCUT2D eigenvalue weighted by atomic mass is 10.3.